The lowest BCUT2D eigenvalue weighted by atomic mass is 10.2. The van der Waals surface area contributed by atoms with E-state index >= 15 is 0 Å². The Morgan fingerprint density at radius 3 is 2.46 bits per heavy atom. The lowest BCUT2D eigenvalue weighted by molar-refractivity contribution is -0.135. The summed E-state index contributed by atoms with van der Waals surface area (Å²) in [5.41, 5.74) is 1.65. The van der Waals surface area contributed by atoms with Gasteiger partial charge < -0.3 is 9.64 Å². The van der Waals surface area contributed by atoms with Crippen LogP contribution in [0.5, 0.6) is 5.75 Å². The van der Waals surface area contributed by atoms with Crippen molar-refractivity contribution in [2.24, 2.45) is 0 Å². The second-order valence-corrected chi connectivity index (χ2v) is 6.62. The summed E-state index contributed by atoms with van der Waals surface area (Å²) in [6.07, 6.45) is 0. The van der Waals surface area contributed by atoms with Gasteiger partial charge in [0.1, 0.15) is 11.8 Å². The summed E-state index contributed by atoms with van der Waals surface area (Å²) in [7, 11) is 0. The Balaban J connectivity index is 1.46. The minimum absolute atomic E-state index is 0.0458. The van der Waals surface area contributed by atoms with E-state index in [-0.39, 0.29) is 12.5 Å². The molecule has 1 heterocycles. The second kappa shape index (κ2) is 8.70. The first-order valence-electron chi connectivity index (χ1n) is 8.52. The van der Waals surface area contributed by atoms with Gasteiger partial charge in [-0.1, -0.05) is 35.9 Å². The lowest BCUT2D eigenvalue weighted by Crippen LogP contribution is -2.49. The minimum Gasteiger partial charge on any atom is -0.482 e. The molecule has 1 fully saturated rings. The maximum atomic E-state index is 12.4. The third-order valence-corrected chi connectivity index (χ3v) is 4.66. The van der Waals surface area contributed by atoms with Crippen molar-refractivity contribution in [3.63, 3.8) is 0 Å². The minimum atomic E-state index is -0.0520. The Hall–Kier alpha value is -2.55. The Morgan fingerprint density at radius 2 is 1.77 bits per heavy atom. The van der Waals surface area contributed by atoms with Crippen LogP contribution >= 0.6 is 11.6 Å². The number of hydrogen-bond donors (Lipinski definition) is 0. The topological polar surface area (TPSA) is 56.6 Å². The maximum Gasteiger partial charge on any atom is 0.260 e. The number of amides is 1. The number of carbonyl (C=O) groups is 1. The molecule has 0 spiro atoms. The van der Waals surface area contributed by atoms with Crippen molar-refractivity contribution in [1.82, 2.24) is 9.80 Å². The highest BCUT2D eigenvalue weighted by Crippen LogP contribution is 2.17. The Kier molecular flexibility index (Phi) is 6.11. The second-order valence-electron chi connectivity index (χ2n) is 6.18. The fraction of sp³-hybridized carbons (Fsp3) is 0.300. The van der Waals surface area contributed by atoms with Crippen molar-refractivity contribution in [2.75, 3.05) is 32.8 Å². The third kappa shape index (κ3) is 4.75. The van der Waals surface area contributed by atoms with Crippen LogP contribution in [-0.4, -0.2) is 48.5 Å². The fourth-order valence-electron chi connectivity index (χ4n) is 2.92. The smallest absolute Gasteiger partial charge is 0.260 e. The molecule has 5 nitrogen and oxygen atoms in total. The van der Waals surface area contributed by atoms with E-state index in [0.29, 0.717) is 24.4 Å². The molecule has 134 valence electrons. The summed E-state index contributed by atoms with van der Waals surface area (Å²) in [6.45, 7) is 3.80. The van der Waals surface area contributed by atoms with Gasteiger partial charge >= 0.3 is 0 Å². The zero-order chi connectivity index (χ0) is 18.4. The molecule has 2 aromatic rings. The standard InChI is InChI=1S/C20H20ClN3O2/c21-18-7-5-16(6-8-18)14-23-9-11-24(12-10-23)20(25)15-26-19-4-2-1-3-17(19)13-22/h1-8H,9-12,14-15H2. The number of benzene rings is 2. The molecule has 3 rings (SSSR count). The molecule has 0 saturated carbocycles. The van der Waals surface area contributed by atoms with Crippen LogP contribution in [0.3, 0.4) is 0 Å². The number of hydrogen-bond acceptors (Lipinski definition) is 4. The van der Waals surface area contributed by atoms with Gasteiger partial charge in [0.2, 0.25) is 0 Å². The van der Waals surface area contributed by atoms with Crippen LogP contribution in [-0.2, 0) is 11.3 Å². The van der Waals surface area contributed by atoms with Gasteiger partial charge in [0.15, 0.2) is 6.61 Å². The maximum absolute atomic E-state index is 12.4. The third-order valence-electron chi connectivity index (χ3n) is 4.40. The van der Waals surface area contributed by atoms with E-state index in [1.807, 2.05) is 29.2 Å². The molecule has 1 saturated heterocycles. The van der Waals surface area contributed by atoms with Crippen LogP contribution in [0.4, 0.5) is 0 Å². The molecule has 6 heteroatoms. The van der Waals surface area contributed by atoms with Crippen molar-refractivity contribution in [2.45, 2.75) is 6.54 Å². The molecule has 1 aliphatic heterocycles. The number of carbonyl (C=O) groups excluding carboxylic acids is 1. The van der Waals surface area contributed by atoms with Gasteiger partial charge in [-0.2, -0.15) is 5.26 Å². The average Bonchev–Trinajstić information content (AvgIpc) is 2.68. The monoisotopic (exact) mass is 369 g/mol. The number of nitriles is 1. The molecule has 0 N–H and O–H groups in total. The van der Waals surface area contributed by atoms with Crippen LogP contribution in [0.2, 0.25) is 5.02 Å². The molecule has 0 aliphatic carbocycles. The van der Waals surface area contributed by atoms with E-state index in [9.17, 15) is 4.79 Å². The van der Waals surface area contributed by atoms with Crippen LogP contribution in [0, 0.1) is 11.3 Å². The highest BCUT2D eigenvalue weighted by Gasteiger charge is 2.21. The summed E-state index contributed by atoms with van der Waals surface area (Å²) in [4.78, 5) is 16.5. The highest BCUT2D eigenvalue weighted by atomic mass is 35.5. The quantitative estimate of drug-likeness (QED) is 0.813. The summed E-state index contributed by atoms with van der Waals surface area (Å²) < 4.78 is 5.54. The zero-order valence-electron chi connectivity index (χ0n) is 14.4. The molecular formula is C20H20ClN3O2. The lowest BCUT2D eigenvalue weighted by Gasteiger charge is -2.34. The Bertz CT molecular complexity index is 793. The summed E-state index contributed by atoms with van der Waals surface area (Å²) in [5, 5.41) is 9.80. The van der Waals surface area contributed by atoms with Gasteiger partial charge in [-0.05, 0) is 29.8 Å². The number of para-hydroxylation sites is 1. The summed E-state index contributed by atoms with van der Waals surface area (Å²) in [5.74, 6) is 0.397. The predicted molar refractivity (Wildman–Crippen MR) is 100.0 cm³/mol. The molecule has 0 radical (unpaired) electrons. The van der Waals surface area contributed by atoms with E-state index in [2.05, 4.69) is 11.0 Å². The molecule has 0 unspecified atom stereocenters. The molecule has 0 bridgehead atoms. The van der Waals surface area contributed by atoms with Gasteiger partial charge in [0.05, 0.1) is 5.56 Å². The van der Waals surface area contributed by atoms with Gasteiger partial charge in [-0.15, -0.1) is 0 Å². The van der Waals surface area contributed by atoms with Crippen molar-refractivity contribution >= 4 is 17.5 Å². The summed E-state index contributed by atoms with van der Waals surface area (Å²) >= 11 is 5.91. The van der Waals surface area contributed by atoms with E-state index in [1.54, 1.807) is 24.3 Å². The van der Waals surface area contributed by atoms with Gasteiger partial charge in [-0.3, -0.25) is 9.69 Å². The van der Waals surface area contributed by atoms with Crippen LogP contribution < -0.4 is 4.74 Å². The van der Waals surface area contributed by atoms with Crippen LogP contribution in [0.25, 0.3) is 0 Å². The van der Waals surface area contributed by atoms with E-state index in [4.69, 9.17) is 21.6 Å². The van der Waals surface area contributed by atoms with Crippen molar-refractivity contribution in [3.05, 3.63) is 64.7 Å². The number of halogens is 1. The zero-order valence-corrected chi connectivity index (χ0v) is 15.2. The Labute approximate surface area is 158 Å². The van der Waals surface area contributed by atoms with Crippen LogP contribution in [0.15, 0.2) is 48.5 Å². The molecule has 1 aliphatic rings. The van der Waals surface area contributed by atoms with Gasteiger partial charge in [0.25, 0.3) is 5.91 Å². The fourth-order valence-corrected chi connectivity index (χ4v) is 3.05. The SMILES string of the molecule is N#Cc1ccccc1OCC(=O)N1CCN(Cc2ccc(Cl)cc2)CC1. The number of nitrogens with zero attached hydrogens (tertiary/aromatic N) is 3. The normalized spacial score (nSPS) is 14.7. The van der Waals surface area contributed by atoms with Gasteiger partial charge in [-0.25, -0.2) is 0 Å². The van der Waals surface area contributed by atoms with E-state index in [1.165, 1.54) is 5.56 Å². The number of ether oxygens (including phenoxy) is 1. The largest absolute Gasteiger partial charge is 0.482 e. The number of rotatable bonds is 5. The predicted octanol–water partition coefficient (Wildman–Crippen LogP) is 2.93. The first-order chi connectivity index (χ1) is 12.7. The molecular weight excluding hydrogens is 350 g/mol. The average molecular weight is 370 g/mol. The van der Waals surface area contributed by atoms with E-state index < -0.39 is 0 Å². The molecule has 2 aromatic carbocycles. The van der Waals surface area contributed by atoms with Crippen molar-refractivity contribution in [1.29, 1.82) is 5.26 Å². The molecule has 0 atom stereocenters. The van der Waals surface area contributed by atoms with Crippen molar-refractivity contribution < 1.29 is 9.53 Å². The summed E-state index contributed by atoms with van der Waals surface area (Å²) in [6, 6.07) is 16.9. The first kappa shape index (κ1) is 18.2. The molecule has 26 heavy (non-hydrogen) atoms. The van der Waals surface area contributed by atoms with Gasteiger partial charge in [0, 0.05) is 37.7 Å². The highest BCUT2D eigenvalue weighted by molar-refractivity contribution is 6.30. The van der Waals surface area contributed by atoms with Crippen LogP contribution in [0.1, 0.15) is 11.1 Å². The first-order valence-corrected chi connectivity index (χ1v) is 8.90. The number of piperazine rings is 1. The van der Waals surface area contributed by atoms with E-state index in [0.717, 1.165) is 24.7 Å². The van der Waals surface area contributed by atoms with Crippen molar-refractivity contribution in [3.8, 4) is 11.8 Å². The Morgan fingerprint density at radius 1 is 1.08 bits per heavy atom. The molecule has 1 amide bonds. The molecule has 0 aromatic heterocycles.